The topological polar surface area (TPSA) is 69.6 Å². The Morgan fingerprint density at radius 3 is 2.74 bits per heavy atom. The van der Waals surface area contributed by atoms with Gasteiger partial charge in [-0.2, -0.15) is 0 Å². The molecule has 7 heteroatoms. The van der Waals surface area contributed by atoms with Crippen LogP contribution in [-0.2, 0) is 11.3 Å². The van der Waals surface area contributed by atoms with E-state index in [9.17, 15) is 14.0 Å². The zero-order valence-electron chi connectivity index (χ0n) is 10.3. The first kappa shape index (κ1) is 15.4. The van der Waals surface area contributed by atoms with E-state index in [0.717, 1.165) is 0 Å². The molecule has 0 atom stereocenters. The van der Waals surface area contributed by atoms with Gasteiger partial charge in [0.05, 0.1) is 10.9 Å². The number of amides is 2. The molecule has 0 aliphatic rings. The van der Waals surface area contributed by atoms with E-state index in [1.165, 1.54) is 18.0 Å². The van der Waals surface area contributed by atoms with Gasteiger partial charge in [0, 0.05) is 20.1 Å². The van der Waals surface area contributed by atoms with E-state index in [4.69, 9.17) is 5.11 Å². The summed E-state index contributed by atoms with van der Waals surface area (Å²) in [5, 5.41) is 11.1. The van der Waals surface area contributed by atoms with E-state index >= 15 is 0 Å². The summed E-state index contributed by atoms with van der Waals surface area (Å²) in [6.45, 7) is 0.302. The summed E-state index contributed by atoms with van der Waals surface area (Å²) in [6.07, 6.45) is -0.114. The van der Waals surface area contributed by atoms with Crippen LogP contribution in [0.4, 0.5) is 9.18 Å². The van der Waals surface area contributed by atoms with Gasteiger partial charge in [-0.05, 0) is 33.6 Å². The molecule has 0 aliphatic carbocycles. The van der Waals surface area contributed by atoms with Gasteiger partial charge < -0.3 is 15.3 Å². The van der Waals surface area contributed by atoms with Gasteiger partial charge in [0.2, 0.25) is 0 Å². The number of carbonyl (C=O) groups is 2. The Kier molecular flexibility index (Phi) is 5.75. The first-order valence-corrected chi connectivity index (χ1v) is 6.34. The number of nitrogens with zero attached hydrogens (tertiary/aromatic N) is 1. The zero-order valence-corrected chi connectivity index (χ0v) is 11.9. The lowest BCUT2D eigenvalue weighted by Gasteiger charge is -2.16. The Bertz CT molecular complexity index is 482. The molecule has 2 N–H and O–H groups in total. The number of rotatable bonds is 5. The molecule has 0 saturated carbocycles. The fourth-order valence-electron chi connectivity index (χ4n) is 1.33. The third kappa shape index (κ3) is 5.25. The van der Waals surface area contributed by atoms with E-state index < -0.39 is 17.8 Å². The minimum Gasteiger partial charge on any atom is -0.481 e. The summed E-state index contributed by atoms with van der Waals surface area (Å²) in [7, 11) is 1.50. The third-order valence-electron chi connectivity index (χ3n) is 2.44. The fraction of sp³-hybridized carbons (Fsp3) is 0.333. The van der Waals surface area contributed by atoms with Crippen molar-refractivity contribution in [2.24, 2.45) is 0 Å². The lowest BCUT2D eigenvalue weighted by atomic mass is 10.2. The Morgan fingerprint density at radius 2 is 2.16 bits per heavy atom. The Hall–Kier alpha value is -1.63. The van der Waals surface area contributed by atoms with E-state index in [-0.39, 0.29) is 19.5 Å². The van der Waals surface area contributed by atoms with Crippen LogP contribution in [0.2, 0.25) is 0 Å². The predicted molar refractivity (Wildman–Crippen MR) is 71.2 cm³/mol. The highest BCUT2D eigenvalue weighted by atomic mass is 79.9. The number of benzene rings is 1. The molecule has 1 rings (SSSR count). The summed E-state index contributed by atoms with van der Waals surface area (Å²) in [5.74, 6) is -1.36. The minimum atomic E-state index is -0.963. The maximum atomic E-state index is 13.2. The van der Waals surface area contributed by atoms with Crippen LogP contribution in [0.1, 0.15) is 12.0 Å². The van der Waals surface area contributed by atoms with Crippen molar-refractivity contribution in [2.75, 3.05) is 13.6 Å². The molecule has 0 saturated heterocycles. The third-order valence-corrected chi connectivity index (χ3v) is 3.08. The van der Waals surface area contributed by atoms with E-state index in [0.29, 0.717) is 10.0 Å². The lowest BCUT2D eigenvalue weighted by Crippen LogP contribution is -2.37. The predicted octanol–water partition coefficient (Wildman–Crippen LogP) is 2.20. The Balaban J connectivity index is 2.44. The minimum absolute atomic E-state index is 0.114. The summed E-state index contributed by atoms with van der Waals surface area (Å²) < 4.78 is 13.6. The van der Waals surface area contributed by atoms with Crippen LogP contribution in [0, 0.1) is 5.82 Å². The Labute approximate surface area is 118 Å². The standard InChI is InChI=1S/C12H14BrFN2O3/c1-16(5-4-11(17)18)12(19)15-7-8-2-3-9(13)10(14)6-8/h2-3,6H,4-5,7H2,1H3,(H,15,19)(H,17,18). The number of hydrogen-bond acceptors (Lipinski definition) is 2. The molecule has 1 aromatic rings. The number of urea groups is 1. The van der Waals surface area contributed by atoms with E-state index in [2.05, 4.69) is 21.2 Å². The fourth-order valence-corrected chi connectivity index (χ4v) is 1.57. The molecule has 104 valence electrons. The maximum absolute atomic E-state index is 13.2. The number of nitrogens with one attached hydrogen (secondary N) is 1. The highest BCUT2D eigenvalue weighted by Gasteiger charge is 2.10. The van der Waals surface area contributed by atoms with Gasteiger partial charge in [-0.3, -0.25) is 4.79 Å². The summed E-state index contributed by atoms with van der Waals surface area (Å²) in [6, 6.07) is 4.17. The molecule has 0 heterocycles. The van der Waals surface area contributed by atoms with Gasteiger partial charge in [0.1, 0.15) is 5.82 Å². The van der Waals surface area contributed by atoms with Crippen molar-refractivity contribution in [2.45, 2.75) is 13.0 Å². The largest absolute Gasteiger partial charge is 0.481 e. The highest BCUT2D eigenvalue weighted by Crippen LogP contribution is 2.16. The molecule has 0 radical (unpaired) electrons. The van der Waals surface area contributed by atoms with Crippen molar-refractivity contribution in [1.82, 2.24) is 10.2 Å². The first-order chi connectivity index (χ1) is 8.90. The van der Waals surface area contributed by atoms with Crippen molar-refractivity contribution in [3.05, 3.63) is 34.1 Å². The maximum Gasteiger partial charge on any atom is 0.317 e. The van der Waals surface area contributed by atoms with Gasteiger partial charge in [-0.15, -0.1) is 0 Å². The average molecular weight is 333 g/mol. The molecular weight excluding hydrogens is 319 g/mol. The van der Waals surface area contributed by atoms with Crippen molar-refractivity contribution >= 4 is 27.9 Å². The zero-order chi connectivity index (χ0) is 14.4. The SMILES string of the molecule is CN(CCC(=O)O)C(=O)NCc1ccc(Br)c(F)c1. The molecule has 1 aromatic carbocycles. The Morgan fingerprint density at radius 1 is 1.47 bits per heavy atom. The summed E-state index contributed by atoms with van der Waals surface area (Å²) >= 11 is 3.04. The molecular formula is C12H14BrFN2O3. The molecule has 19 heavy (non-hydrogen) atoms. The van der Waals surface area contributed by atoms with Crippen molar-refractivity contribution in [3.8, 4) is 0 Å². The van der Waals surface area contributed by atoms with Crippen molar-refractivity contribution < 1.29 is 19.1 Å². The van der Waals surface area contributed by atoms with Crippen molar-refractivity contribution in [3.63, 3.8) is 0 Å². The van der Waals surface area contributed by atoms with Gasteiger partial charge in [-0.1, -0.05) is 6.07 Å². The van der Waals surface area contributed by atoms with Crippen LogP contribution < -0.4 is 5.32 Å². The number of carboxylic acids is 1. The molecule has 0 aromatic heterocycles. The van der Waals surface area contributed by atoms with Crippen LogP contribution in [0.15, 0.2) is 22.7 Å². The van der Waals surface area contributed by atoms with Crippen LogP contribution in [-0.4, -0.2) is 35.6 Å². The lowest BCUT2D eigenvalue weighted by molar-refractivity contribution is -0.137. The van der Waals surface area contributed by atoms with Crippen LogP contribution in [0.25, 0.3) is 0 Å². The van der Waals surface area contributed by atoms with Crippen LogP contribution >= 0.6 is 15.9 Å². The number of aliphatic carboxylic acids is 1. The number of halogens is 2. The van der Waals surface area contributed by atoms with Crippen LogP contribution in [0.3, 0.4) is 0 Å². The molecule has 2 amide bonds. The van der Waals surface area contributed by atoms with E-state index in [1.807, 2.05) is 0 Å². The summed E-state index contributed by atoms with van der Waals surface area (Å²) in [5.41, 5.74) is 0.626. The monoisotopic (exact) mass is 332 g/mol. The second kappa shape index (κ2) is 7.08. The van der Waals surface area contributed by atoms with Gasteiger partial charge in [0.15, 0.2) is 0 Å². The quantitative estimate of drug-likeness (QED) is 0.868. The molecule has 0 spiro atoms. The number of hydrogen-bond donors (Lipinski definition) is 2. The van der Waals surface area contributed by atoms with E-state index in [1.54, 1.807) is 12.1 Å². The highest BCUT2D eigenvalue weighted by molar-refractivity contribution is 9.10. The average Bonchev–Trinajstić information content (AvgIpc) is 2.36. The van der Waals surface area contributed by atoms with Crippen LogP contribution in [0.5, 0.6) is 0 Å². The smallest absolute Gasteiger partial charge is 0.317 e. The van der Waals surface area contributed by atoms with Gasteiger partial charge >= 0.3 is 12.0 Å². The second-order valence-corrected chi connectivity index (χ2v) is 4.83. The molecule has 0 bridgehead atoms. The second-order valence-electron chi connectivity index (χ2n) is 3.97. The molecule has 0 fully saturated rings. The summed E-state index contributed by atoms with van der Waals surface area (Å²) in [4.78, 5) is 23.2. The van der Waals surface area contributed by atoms with Crippen molar-refractivity contribution in [1.29, 1.82) is 0 Å². The molecule has 0 unspecified atom stereocenters. The molecule has 0 aliphatic heterocycles. The van der Waals surface area contributed by atoms with Gasteiger partial charge in [0.25, 0.3) is 0 Å². The van der Waals surface area contributed by atoms with Gasteiger partial charge in [-0.25, -0.2) is 9.18 Å². The molecule has 5 nitrogen and oxygen atoms in total. The first-order valence-electron chi connectivity index (χ1n) is 5.55. The normalized spacial score (nSPS) is 10.1. The number of carboxylic acid groups (broad SMARTS) is 1. The number of carbonyl (C=O) groups excluding carboxylic acids is 1.